The van der Waals surface area contributed by atoms with Crippen molar-refractivity contribution >= 4 is 6.03 Å². The van der Waals surface area contributed by atoms with E-state index < -0.39 is 0 Å². The van der Waals surface area contributed by atoms with Crippen molar-refractivity contribution in [2.24, 2.45) is 0 Å². The first-order valence-corrected chi connectivity index (χ1v) is 8.35. The first-order chi connectivity index (χ1) is 11.6. The van der Waals surface area contributed by atoms with Crippen LogP contribution in [-0.2, 0) is 6.54 Å². The normalized spacial score (nSPS) is 15.4. The molecule has 1 heterocycles. The molecule has 3 rings (SSSR count). The van der Waals surface area contributed by atoms with Gasteiger partial charge in [-0.3, -0.25) is 4.98 Å². The monoisotopic (exact) mass is 327 g/mol. The SMILES string of the molecule is C[C@H](NC(=O)N(Cc1ccccc1F)C1CCC1)c1cccnc1. The molecule has 1 fully saturated rings. The zero-order valence-corrected chi connectivity index (χ0v) is 13.8. The van der Waals surface area contributed by atoms with E-state index >= 15 is 0 Å². The lowest BCUT2D eigenvalue weighted by molar-refractivity contribution is 0.130. The van der Waals surface area contributed by atoms with E-state index in [9.17, 15) is 9.18 Å². The number of pyridine rings is 1. The number of hydrogen-bond donors (Lipinski definition) is 1. The Morgan fingerprint density at radius 2 is 2.12 bits per heavy atom. The molecule has 5 heteroatoms. The second-order valence-corrected chi connectivity index (χ2v) is 6.26. The van der Waals surface area contributed by atoms with Gasteiger partial charge in [-0.05, 0) is 43.9 Å². The molecule has 126 valence electrons. The fourth-order valence-electron chi connectivity index (χ4n) is 2.86. The largest absolute Gasteiger partial charge is 0.331 e. The number of benzene rings is 1. The van der Waals surface area contributed by atoms with Gasteiger partial charge in [-0.1, -0.05) is 24.3 Å². The van der Waals surface area contributed by atoms with Crippen molar-refractivity contribution in [1.82, 2.24) is 15.2 Å². The lowest BCUT2D eigenvalue weighted by atomic mass is 9.91. The summed E-state index contributed by atoms with van der Waals surface area (Å²) in [5, 5.41) is 3.01. The Labute approximate surface area is 141 Å². The minimum absolute atomic E-state index is 0.144. The van der Waals surface area contributed by atoms with Gasteiger partial charge < -0.3 is 10.2 Å². The molecule has 1 aromatic heterocycles. The van der Waals surface area contributed by atoms with Crippen LogP contribution in [0, 0.1) is 5.82 Å². The Morgan fingerprint density at radius 3 is 2.75 bits per heavy atom. The summed E-state index contributed by atoms with van der Waals surface area (Å²) in [5.74, 6) is -0.269. The highest BCUT2D eigenvalue weighted by Crippen LogP contribution is 2.27. The standard InChI is InChI=1S/C19H22FN3O/c1-14(15-7-5-11-21-12-15)22-19(24)23(17-8-4-9-17)13-16-6-2-3-10-18(16)20/h2-3,5-7,10-12,14,17H,4,8-9,13H2,1H3,(H,22,24)/t14-/m0/s1. The summed E-state index contributed by atoms with van der Waals surface area (Å²) in [6.07, 6.45) is 6.52. The second kappa shape index (κ2) is 7.43. The maximum Gasteiger partial charge on any atom is 0.318 e. The molecule has 2 aromatic rings. The fourth-order valence-corrected chi connectivity index (χ4v) is 2.86. The summed E-state index contributed by atoms with van der Waals surface area (Å²) in [6, 6.07) is 10.3. The van der Waals surface area contributed by atoms with Crippen molar-refractivity contribution in [1.29, 1.82) is 0 Å². The lowest BCUT2D eigenvalue weighted by Crippen LogP contribution is -2.49. The van der Waals surface area contributed by atoms with E-state index in [1.807, 2.05) is 19.1 Å². The first-order valence-electron chi connectivity index (χ1n) is 8.35. The van der Waals surface area contributed by atoms with Crippen molar-refractivity contribution < 1.29 is 9.18 Å². The number of amides is 2. The maximum absolute atomic E-state index is 14.0. The second-order valence-electron chi connectivity index (χ2n) is 6.26. The number of aromatic nitrogens is 1. The summed E-state index contributed by atoms with van der Waals surface area (Å²) in [4.78, 5) is 18.6. The van der Waals surface area contributed by atoms with Crippen LogP contribution in [0.4, 0.5) is 9.18 Å². The lowest BCUT2D eigenvalue weighted by Gasteiger charge is -2.38. The Bertz CT molecular complexity index is 688. The van der Waals surface area contributed by atoms with Gasteiger partial charge in [0.15, 0.2) is 0 Å². The number of rotatable bonds is 5. The Morgan fingerprint density at radius 1 is 1.33 bits per heavy atom. The summed E-state index contributed by atoms with van der Waals surface area (Å²) < 4.78 is 14.0. The van der Waals surface area contributed by atoms with E-state index in [0.29, 0.717) is 12.1 Å². The highest BCUT2D eigenvalue weighted by atomic mass is 19.1. The summed E-state index contributed by atoms with van der Waals surface area (Å²) in [6.45, 7) is 2.22. The van der Waals surface area contributed by atoms with E-state index in [1.165, 1.54) is 6.07 Å². The van der Waals surface area contributed by atoms with Crippen molar-refractivity contribution in [3.63, 3.8) is 0 Å². The van der Waals surface area contributed by atoms with E-state index in [2.05, 4.69) is 10.3 Å². The van der Waals surface area contributed by atoms with Crippen LogP contribution < -0.4 is 5.32 Å². The molecule has 1 aliphatic rings. The quantitative estimate of drug-likeness (QED) is 0.900. The maximum atomic E-state index is 14.0. The fraction of sp³-hybridized carbons (Fsp3) is 0.368. The number of nitrogens with one attached hydrogen (secondary N) is 1. The predicted octanol–water partition coefficient (Wildman–Crippen LogP) is 4.05. The highest BCUT2D eigenvalue weighted by molar-refractivity contribution is 5.75. The first kappa shape index (κ1) is 16.4. The zero-order valence-electron chi connectivity index (χ0n) is 13.8. The zero-order chi connectivity index (χ0) is 16.9. The third-order valence-electron chi connectivity index (χ3n) is 4.60. The van der Waals surface area contributed by atoms with Crippen molar-refractivity contribution in [3.8, 4) is 0 Å². The van der Waals surface area contributed by atoms with E-state index in [-0.39, 0.29) is 23.9 Å². The Balaban J connectivity index is 1.71. The third-order valence-corrected chi connectivity index (χ3v) is 4.60. The summed E-state index contributed by atoms with van der Waals surface area (Å²) >= 11 is 0. The molecular weight excluding hydrogens is 305 g/mol. The van der Waals surface area contributed by atoms with Gasteiger partial charge in [0.05, 0.1) is 12.6 Å². The predicted molar refractivity (Wildman–Crippen MR) is 90.8 cm³/mol. The van der Waals surface area contributed by atoms with Crippen molar-refractivity contribution in [2.45, 2.75) is 44.8 Å². The molecule has 0 unspecified atom stereocenters. The van der Waals surface area contributed by atoms with Crippen LogP contribution in [0.5, 0.6) is 0 Å². The highest BCUT2D eigenvalue weighted by Gasteiger charge is 2.30. The van der Waals surface area contributed by atoms with Gasteiger partial charge in [-0.2, -0.15) is 0 Å². The van der Waals surface area contributed by atoms with Crippen LogP contribution in [0.1, 0.15) is 43.4 Å². The van der Waals surface area contributed by atoms with Crippen LogP contribution in [-0.4, -0.2) is 22.0 Å². The average Bonchev–Trinajstić information content (AvgIpc) is 2.55. The number of nitrogens with zero attached hydrogens (tertiary/aromatic N) is 2. The minimum atomic E-state index is -0.269. The van der Waals surface area contributed by atoms with E-state index in [4.69, 9.17) is 0 Å². The van der Waals surface area contributed by atoms with Crippen LogP contribution >= 0.6 is 0 Å². The molecule has 1 N–H and O–H groups in total. The smallest absolute Gasteiger partial charge is 0.318 e. The summed E-state index contributed by atoms with van der Waals surface area (Å²) in [5.41, 5.74) is 1.50. The van der Waals surface area contributed by atoms with Gasteiger partial charge >= 0.3 is 6.03 Å². The van der Waals surface area contributed by atoms with Crippen LogP contribution in [0.2, 0.25) is 0 Å². The molecule has 0 spiro atoms. The summed E-state index contributed by atoms with van der Waals surface area (Å²) in [7, 11) is 0. The van der Waals surface area contributed by atoms with Gasteiger partial charge in [0, 0.05) is 24.0 Å². The topological polar surface area (TPSA) is 45.2 Å². The van der Waals surface area contributed by atoms with Gasteiger partial charge in [0.1, 0.15) is 5.82 Å². The Hall–Kier alpha value is -2.43. The number of carbonyl (C=O) groups is 1. The molecule has 0 aliphatic heterocycles. The van der Waals surface area contributed by atoms with Gasteiger partial charge in [0.2, 0.25) is 0 Å². The van der Waals surface area contributed by atoms with Crippen molar-refractivity contribution in [2.75, 3.05) is 0 Å². The molecule has 1 atom stereocenters. The van der Waals surface area contributed by atoms with Crippen LogP contribution in [0.15, 0.2) is 48.8 Å². The van der Waals surface area contributed by atoms with Gasteiger partial charge in [0.25, 0.3) is 0 Å². The molecule has 1 aliphatic carbocycles. The van der Waals surface area contributed by atoms with Gasteiger partial charge in [-0.15, -0.1) is 0 Å². The van der Waals surface area contributed by atoms with E-state index in [0.717, 1.165) is 24.8 Å². The number of urea groups is 1. The molecular formula is C19H22FN3O. The molecule has 2 amide bonds. The molecule has 0 radical (unpaired) electrons. The third kappa shape index (κ3) is 3.72. The van der Waals surface area contributed by atoms with E-state index in [1.54, 1.807) is 35.5 Å². The molecule has 0 saturated heterocycles. The Kier molecular flexibility index (Phi) is 5.08. The molecule has 1 saturated carbocycles. The average molecular weight is 327 g/mol. The minimum Gasteiger partial charge on any atom is -0.331 e. The van der Waals surface area contributed by atoms with Crippen LogP contribution in [0.25, 0.3) is 0 Å². The van der Waals surface area contributed by atoms with Gasteiger partial charge in [-0.25, -0.2) is 9.18 Å². The number of halogens is 1. The molecule has 24 heavy (non-hydrogen) atoms. The van der Waals surface area contributed by atoms with Crippen LogP contribution in [0.3, 0.4) is 0 Å². The molecule has 4 nitrogen and oxygen atoms in total. The number of hydrogen-bond acceptors (Lipinski definition) is 2. The number of carbonyl (C=O) groups excluding carboxylic acids is 1. The van der Waals surface area contributed by atoms with Crippen molar-refractivity contribution in [3.05, 3.63) is 65.7 Å². The molecule has 0 bridgehead atoms. The molecule has 1 aromatic carbocycles.